The van der Waals surface area contributed by atoms with E-state index in [1.807, 2.05) is 14.0 Å². The molecule has 1 aliphatic heterocycles. The summed E-state index contributed by atoms with van der Waals surface area (Å²) in [5.74, 6) is -3.27. The summed E-state index contributed by atoms with van der Waals surface area (Å²) in [5.41, 5.74) is 0.656. The summed E-state index contributed by atoms with van der Waals surface area (Å²) in [4.78, 5) is 56.4. The topological polar surface area (TPSA) is 129 Å². The van der Waals surface area contributed by atoms with Crippen LogP contribution in [-0.4, -0.2) is 94.7 Å². The summed E-state index contributed by atoms with van der Waals surface area (Å²) >= 11 is 0. The first kappa shape index (κ1) is 35.0. The Morgan fingerprint density at radius 3 is 2.26 bits per heavy atom. The van der Waals surface area contributed by atoms with Crippen LogP contribution < -0.4 is 16.0 Å². The number of benzene rings is 1. The van der Waals surface area contributed by atoms with E-state index in [1.54, 1.807) is 28.6 Å². The highest BCUT2D eigenvalue weighted by molar-refractivity contribution is 6.00. The normalized spacial score (nSPS) is 21.5. The quantitative estimate of drug-likeness (QED) is 0.345. The van der Waals surface area contributed by atoms with Gasteiger partial charge < -0.3 is 25.8 Å². The maximum Gasteiger partial charge on any atom is 0.270 e. The fourth-order valence-electron chi connectivity index (χ4n) is 6.22. The Morgan fingerprint density at radius 1 is 0.978 bits per heavy atom. The van der Waals surface area contributed by atoms with Gasteiger partial charge in [-0.3, -0.25) is 23.9 Å². The molecule has 3 N–H and O–H groups in total. The number of rotatable bonds is 11. The van der Waals surface area contributed by atoms with Crippen molar-refractivity contribution in [2.45, 2.75) is 84.1 Å². The number of anilines is 1. The van der Waals surface area contributed by atoms with E-state index >= 15 is 4.39 Å². The molecule has 4 rings (SSSR count). The molecule has 0 radical (unpaired) electrons. The first-order valence-electron chi connectivity index (χ1n) is 16.2. The van der Waals surface area contributed by atoms with E-state index in [-0.39, 0.29) is 17.5 Å². The number of hydrogen-bond donors (Lipinski definition) is 3. The summed E-state index contributed by atoms with van der Waals surface area (Å²) in [5, 5.41) is 12.2. The highest BCUT2D eigenvalue weighted by Gasteiger charge is 2.36. The van der Waals surface area contributed by atoms with Crippen molar-refractivity contribution in [1.82, 2.24) is 30.2 Å². The Kier molecular flexibility index (Phi) is 11.9. The second-order valence-electron chi connectivity index (χ2n) is 12.8. The van der Waals surface area contributed by atoms with E-state index in [0.29, 0.717) is 49.9 Å². The standard InChI is InChI=1S/C33H47F2N7O4/c1-6-42-27(13-14-36-42)31(44)39-29(23-9-7-20(2)8-10-23)32(45)37-26-12-11-24(19-25(26)35)21(3)28(38-30(43)22(4)34)33(46)41-17-15-40(5)16-18-41/h11-14,19-23,28-29H,6-10,15-18H2,1-5H3,(H,37,45)(H,38,43)(H,39,44)/t20?,21-,22+,23?,28+,29-/m0/s1. The zero-order chi connectivity index (χ0) is 33.5. The molecule has 1 aliphatic carbocycles. The Morgan fingerprint density at radius 2 is 1.65 bits per heavy atom. The lowest BCUT2D eigenvalue weighted by atomic mass is 9.79. The molecule has 11 nitrogen and oxygen atoms in total. The Labute approximate surface area is 269 Å². The number of alkyl halides is 1. The second kappa shape index (κ2) is 15.6. The molecule has 1 aromatic heterocycles. The molecule has 2 aliphatic rings. The summed E-state index contributed by atoms with van der Waals surface area (Å²) in [6.45, 7) is 9.51. The van der Waals surface area contributed by atoms with Crippen LogP contribution in [0.1, 0.15) is 75.3 Å². The zero-order valence-electron chi connectivity index (χ0n) is 27.4. The van der Waals surface area contributed by atoms with Crippen LogP contribution in [-0.2, 0) is 20.9 Å². The first-order chi connectivity index (χ1) is 21.9. The molecule has 1 saturated heterocycles. The Hall–Kier alpha value is -3.87. The highest BCUT2D eigenvalue weighted by atomic mass is 19.1. The molecular formula is C33H47F2N7O4. The van der Waals surface area contributed by atoms with Gasteiger partial charge in [0, 0.05) is 44.8 Å². The van der Waals surface area contributed by atoms with E-state index in [1.165, 1.54) is 18.3 Å². The number of aryl methyl sites for hydroxylation is 1. The van der Waals surface area contributed by atoms with Gasteiger partial charge in [-0.05, 0) is 69.3 Å². The molecule has 252 valence electrons. The number of nitrogens with one attached hydrogen (secondary N) is 3. The SMILES string of the molecule is CCn1nccc1C(=O)N[C@H](C(=O)Nc1ccc([C@H](C)[C@@H](NC(=O)[C@@H](C)F)C(=O)N2CCN(C)CC2)cc1F)C1CCC(C)CC1. The van der Waals surface area contributed by atoms with Crippen molar-refractivity contribution in [3.05, 3.63) is 47.5 Å². The monoisotopic (exact) mass is 643 g/mol. The lowest BCUT2D eigenvalue weighted by Gasteiger charge is -2.36. The number of piperazine rings is 1. The maximum absolute atomic E-state index is 15.6. The number of hydrogen-bond acceptors (Lipinski definition) is 6. The van der Waals surface area contributed by atoms with Crippen LogP contribution in [0.4, 0.5) is 14.5 Å². The molecule has 2 fully saturated rings. The van der Waals surface area contributed by atoms with Crippen molar-refractivity contribution in [3.63, 3.8) is 0 Å². The predicted octanol–water partition coefficient (Wildman–Crippen LogP) is 3.33. The van der Waals surface area contributed by atoms with Crippen LogP contribution in [0.5, 0.6) is 0 Å². The number of likely N-dealkylation sites (N-methyl/N-ethyl adjacent to an activating group) is 1. The van der Waals surface area contributed by atoms with Crippen LogP contribution in [0.2, 0.25) is 0 Å². The van der Waals surface area contributed by atoms with Crippen molar-refractivity contribution in [2.75, 3.05) is 38.5 Å². The third kappa shape index (κ3) is 8.48. The summed E-state index contributed by atoms with van der Waals surface area (Å²) in [6.07, 6.45) is 3.04. The van der Waals surface area contributed by atoms with Gasteiger partial charge in [-0.1, -0.05) is 32.8 Å². The zero-order valence-corrected chi connectivity index (χ0v) is 27.4. The summed E-state index contributed by atoms with van der Waals surface area (Å²) < 4.78 is 31.0. The number of nitrogens with zero attached hydrogens (tertiary/aromatic N) is 4. The Balaban J connectivity index is 1.53. The fraction of sp³-hybridized carbons (Fsp3) is 0.606. The lowest BCUT2D eigenvalue weighted by Crippen LogP contribution is -2.56. The maximum atomic E-state index is 15.6. The van der Waals surface area contributed by atoms with Crippen molar-refractivity contribution < 1.29 is 28.0 Å². The van der Waals surface area contributed by atoms with E-state index in [0.717, 1.165) is 32.6 Å². The summed E-state index contributed by atoms with van der Waals surface area (Å²) in [7, 11) is 1.95. The van der Waals surface area contributed by atoms with E-state index in [4.69, 9.17) is 0 Å². The minimum Gasteiger partial charge on any atom is -0.341 e. The Bertz CT molecular complexity index is 1380. The number of halogens is 2. The average molecular weight is 644 g/mol. The van der Waals surface area contributed by atoms with Crippen LogP contribution in [0.15, 0.2) is 30.5 Å². The molecule has 4 atom stereocenters. The molecule has 0 bridgehead atoms. The molecule has 13 heteroatoms. The average Bonchev–Trinajstić information content (AvgIpc) is 3.52. The number of aromatic nitrogens is 2. The van der Waals surface area contributed by atoms with Crippen molar-refractivity contribution in [3.8, 4) is 0 Å². The van der Waals surface area contributed by atoms with Crippen LogP contribution >= 0.6 is 0 Å². The number of amides is 4. The number of carbonyl (C=O) groups is 4. The molecule has 46 heavy (non-hydrogen) atoms. The van der Waals surface area contributed by atoms with Crippen LogP contribution in [0.3, 0.4) is 0 Å². The third-order valence-electron chi connectivity index (χ3n) is 9.37. The third-order valence-corrected chi connectivity index (χ3v) is 9.37. The van der Waals surface area contributed by atoms with E-state index in [9.17, 15) is 23.6 Å². The van der Waals surface area contributed by atoms with Gasteiger partial charge >= 0.3 is 0 Å². The van der Waals surface area contributed by atoms with Gasteiger partial charge in [-0.2, -0.15) is 5.10 Å². The predicted molar refractivity (Wildman–Crippen MR) is 170 cm³/mol. The van der Waals surface area contributed by atoms with Crippen molar-refractivity contribution in [1.29, 1.82) is 0 Å². The molecular weight excluding hydrogens is 596 g/mol. The van der Waals surface area contributed by atoms with Gasteiger partial charge in [-0.25, -0.2) is 8.78 Å². The molecule has 1 saturated carbocycles. The van der Waals surface area contributed by atoms with E-state index < -0.39 is 47.7 Å². The molecule has 0 spiro atoms. The van der Waals surface area contributed by atoms with Crippen molar-refractivity contribution in [2.24, 2.45) is 11.8 Å². The van der Waals surface area contributed by atoms with Gasteiger partial charge in [-0.15, -0.1) is 0 Å². The largest absolute Gasteiger partial charge is 0.341 e. The molecule has 2 heterocycles. The van der Waals surface area contributed by atoms with Gasteiger partial charge in [0.05, 0.1) is 5.69 Å². The van der Waals surface area contributed by atoms with E-state index in [2.05, 4.69) is 32.9 Å². The fourth-order valence-corrected chi connectivity index (χ4v) is 6.22. The molecule has 0 unspecified atom stereocenters. The van der Waals surface area contributed by atoms with Gasteiger partial charge in [0.2, 0.25) is 11.8 Å². The molecule has 2 aromatic rings. The minimum absolute atomic E-state index is 0.0775. The van der Waals surface area contributed by atoms with Crippen LogP contribution in [0.25, 0.3) is 0 Å². The van der Waals surface area contributed by atoms with Crippen LogP contribution in [0, 0.1) is 17.7 Å². The van der Waals surface area contributed by atoms with Gasteiger partial charge in [0.25, 0.3) is 11.8 Å². The van der Waals surface area contributed by atoms with Gasteiger partial charge in [0.15, 0.2) is 6.17 Å². The highest BCUT2D eigenvalue weighted by Crippen LogP contribution is 2.32. The van der Waals surface area contributed by atoms with Gasteiger partial charge in [0.1, 0.15) is 23.6 Å². The molecule has 4 amide bonds. The molecule has 1 aromatic carbocycles. The summed E-state index contributed by atoms with van der Waals surface area (Å²) in [6, 6.07) is 3.79. The minimum atomic E-state index is -1.83. The number of carbonyl (C=O) groups excluding carboxylic acids is 4. The lowest BCUT2D eigenvalue weighted by molar-refractivity contribution is -0.139. The van der Waals surface area contributed by atoms with Crippen molar-refractivity contribution >= 4 is 29.3 Å². The smallest absolute Gasteiger partial charge is 0.270 e. The second-order valence-corrected chi connectivity index (χ2v) is 12.8. The first-order valence-corrected chi connectivity index (χ1v) is 16.2.